The van der Waals surface area contributed by atoms with Gasteiger partial charge in [-0.15, -0.1) is 0 Å². The normalized spacial score (nSPS) is 22.4. The number of rotatable bonds is 7. The standard InChI is InChI=1S/C14H23N3O2S2/c1-3-8-15-13-5-4-9-16-14(13)21(18,19)17-11-6-7-12(10-11)20-2/h4-5,9,11-12,15,17H,3,6-8,10H2,1-2H3. The molecule has 21 heavy (non-hydrogen) atoms. The van der Waals surface area contributed by atoms with Gasteiger partial charge in [0.05, 0.1) is 5.69 Å². The van der Waals surface area contributed by atoms with Crippen LogP contribution in [0.1, 0.15) is 32.6 Å². The number of nitrogens with zero attached hydrogens (tertiary/aromatic N) is 1. The van der Waals surface area contributed by atoms with Gasteiger partial charge in [-0.1, -0.05) is 6.92 Å². The number of aromatic nitrogens is 1. The molecule has 0 aromatic carbocycles. The van der Waals surface area contributed by atoms with Gasteiger partial charge in [0.2, 0.25) is 0 Å². The van der Waals surface area contributed by atoms with Crippen molar-refractivity contribution in [2.75, 3.05) is 18.1 Å². The monoisotopic (exact) mass is 329 g/mol. The van der Waals surface area contributed by atoms with Crippen molar-refractivity contribution in [2.24, 2.45) is 0 Å². The summed E-state index contributed by atoms with van der Waals surface area (Å²) in [6, 6.07) is 3.53. The predicted octanol–water partition coefficient (Wildman–Crippen LogP) is 2.47. The molecule has 2 unspecified atom stereocenters. The fourth-order valence-electron chi connectivity index (χ4n) is 2.54. The van der Waals surface area contributed by atoms with Gasteiger partial charge in [-0.05, 0) is 44.1 Å². The average Bonchev–Trinajstić information content (AvgIpc) is 2.92. The molecule has 118 valence electrons. The summed E-state index contributed by atoms with van der Waals surface area (Å²) in [5, 5.41) is 3.79. The highest BCUT2D eigenvalue weighted by atomic mass is 32.2. The molecule has 1 aromatic rings. The minimum absolute atomic E-state index is 0.0217. The van der Waals surface area contributed by atoms with Crippen molar-refractivity contribution in [1.82, 2.24) is 9.71 Å². The quantitative estimate of drug-likeness (QED) is 0.804. The van der Waals surface area contributed by atoms with E-state index >= 15 is 0 Å². The molecule has 1 saturated carbocycles. The van der Waals surface area contributed by atoms with Crippen molar-refractivity contribution >= 4 is 27.5 Å². The average molecular weight is 329 g/mol. The third-order valence-corrected chi connectivity index (χ3v) is 6.20. The van der Waals surface area contributed by atoms with Crippen LogP contribution >= 0.6 is 11.8 Å². The molecule has 2 rings (SSSR count). The molecular weight excluding hydrogens is 306 g/mol. The number of nitrogens with one attached hydrogen (secondary N) is 2. The van der Waals surface area contributed by atoms with Gasteiger partial charge in [-0.2, -0.15) is 11.8 Å². The number of hydrogen-bond donors (Lipinski definition) is 2. The topological polar surface area (TPSA) is 71.1 Å². The molecule has 1 aromatic heterocycles. The minimum atomic E-state index is -3.57. The summed E-state index contributed by atoms with van der Waals surface area (Å²) in [5.74, 6) is 0. The molecule has 0 bridgehead atoms. The van der Waals surface area contributed by atoms with Gasteiger partial charge in [0.25, 0.3) is 10.0 Å². The lowest BCUT2D eigenvalue weighted by Crippen LogP contribution is -2.34. The number of hydrogen-bond acceptors (Lipinski definition) is 5. The van der Waals surface area contributed by atoms with E-state index in [0.717, 1.165) is 32.2 Å². The summed E-state index contributed by atoms with van der Waals surface area (Å²) >= 11 is 1.81. The molecule has 1 aliphatic rings. The van der Waals surface area contributed by atoms with E-state index in [2.05, 4.69) is 21.3 Å². The van der Waals surface area contributed by atoms with Gasteiger partial charge in [0, 0.05) is 24.0 Å². The molecule has 1 aliphatic carbocycles. The molecule has 2 N–H and O–H groups in total. The zero-order valence-corrected chi connectivity index (χ0v) is 14.1. The van der Waals surface area contributed by atoms with Crippen molar-refractivity contribution in [3.63, 3.8) is 0 Å². The highest BCUT2D eigenvalue weighted by molar-refractivity contribution is 7.99. The Bertz CT molecular complexity index is 563. The third kappa shape index (κ3) is 4.34. The van der Waals surface area contributed by atoms with Crippen LogP contribution in [0.5, 0.6) is 0 Å². The van der Waals surface area contributed by atoms with Crippen LogP contribution in [-0.4, -0.2) is 37.5 Å². The molecule has 1 fully saturated rings. The summed E-state index contributed by atoms with van der Waals surface area (Å²) < 4.78 is 27.9. The van der Waals surface area contributed by atoms with E-state index in [1.165, 1.54) is 6.20 Å². The van der Waals surface area contributed by atoms with Crippen LogP contribution in [0.2, 0.25) is 0 Å². The highest BCUT2D eigenvalue weighted by Crippen LogP contribution is 2.29. The third-order valence-electron chi connectivity index (χ3n) is 3.63. The predicted molar refractivity (Wildman–Crippen MR) is 88.3 cm³/mol. The first-order chi connectivity index (χ1) is 10.1. The zero-order valence-electron chi connectivity index (χ0n) is 12.5. The van der Waals surface area contributed by atoms with Crippen LogP contribution in [0.4, 0.5) is 5.69 Å². The van der Waals surface area contributed by atoms with Crippen molar-refractivity contribution in [3.8, 4) is 0 Å². The van der Waals surface area contributed by atoms with Crippen LogP contribution in [0.25, 0.3) is 0 Å². The van der Waals surface area contributed by atoms with E-state index < -0.39 is 10.0 Å². The van der Waals surface area contributed by atoms with Crippen molar-refractivity contribution in [2.45, 2.75) is 48.9 Å². The van der Waals surface area contributed by atoms with Crippen molar-refractivity contribution < 1.29 is 8.42 Å². The Morgan fingerprint density at radius 3 is 2.90 bits per heavy atom. The van der Waals surface area contributed by atoms with Crippen LogP contribution < -0.4 is 10.0 Å². The Morgan fingerprint density at radius 2 is 2.24 bits per heavy atom. The Balaban J connectivity index is 2.12. The van der Waals surface area contributed by atoms with E-state index in [-0.39, 0.29) is 11.1 Å². The maximum atomic E-state index is 12.5. The Hall–Kier alpha value is -0.790. The van der Waals surface area contributed by atoms with Crippen LogP contribution in [0.15, 0.2) is 23.4 Å². The first kappa shape index (κ1) is 16.6. The highest BCUT2D eigenvalue weighted by Gasteiger charge is 2.29. The van der Waals surface area contributed by atoms with E-state index in [1.54, 1.807) is 12.1 Å². The lowest BCUT2D eigenvalue weighted by atomic mass is 10.3. The summed E-state index contributed by atoms with van der Waals surface area (Å²) in [6.07, 6.45) is 7.38. The Morgan fingerprint density at radius 1 is 1.43 bits per heavy atom. The molecule has 0 saturated heterocycles. The van der Waals surface area contributed by atoms with Crippen LogP contribution in [-0.2, 0) is 10.0 Å². The Labute approximate surface area is 131 Å². The molecule has 1 heterocycles. The fourth-order valence-corrected chi connectivity index (χ4v) is 4.73. The number of pyridine rings is 1. The zero-order chi connectivity index (χ0) is 15.3. The SMILES string of the molecule is CCCNc1cccnc1S(=O)(=O)NC1CCC(SC)C1. The second-order valence-corrected chi connectivity index (χ2v) is 8.04. The van der Waals surface area contributed by atoms with Gasteiger partial charge in [-0.3, -0.25) is 0 Å². The number of sulfonamides is 1. The molecule has 0 radical (unpaired) electrons. The van der Waals surface area contributed by atoms with Gasteiger partial charge >= 0.3 is 0 Å². The molecule has 0 spiro atoms. The number of anilines is 1. The van der Waals surface area contributed by atoms with E-state index in [4.69, 9.17) is 0 Å². The maximum Gasteiger partial charge on any atom is 0.260 e. The van der Waals surface area contributed by atoms with Gasteiger partial charge in [0.1, 0.15) is 0 Å². The van der Waals surface area contributed by atoms with Crippen LogP contribution in [0.3, 0.4) is 0 Å². The first-order valence-electron chi connectivity index (χ1n) is 7.31. The smallest absolute Gasteiger partial charge is 0.260 e. The van der Waals surface area contributed by atoms with Crippen LogP contribution in [0, 0.1) is 0 Å². The first-order valence-corrected chi connectivity index (χ1v) is 10.1. The molecule has 0 amide bonds. The van der Waals surface area contributed by atoms with Gasteiger partial charge in [-0.25, -0.2) is 18.1 Å². The summed E-state index contributed by atoms with van der Waals surface area (Å²) in [5.41, 5.74) is 0.575. The van der Waals surface area contributed by atoms with Crippen molar-refractivity contribution in [3.05, 3.63) is 18.3 Å². The fraction of sp³-hybridized carbons (Fsp3) is 0.643. The van der Waals surface area contributed by atoms with Gasteiger partial charge in [0.15, 0.2) is 5.03 Å². The van der Waals surface area contributed by atoms with Crippen molar-refractivity contribution in [1.29, 1.82) is 0 Å². The molecule has 2 atom stereocenters. The van der Waals surface area contributed by atoms with E-state index in [1.807, 2.05) is 18.7 Å². The lowest BCUT2D eigenvalue weighted by Gasteiger charge is -2.15. The minimum Gasteiger partial charge on any atom is -0.383 e. The lowest BCUT2D eigenvalue weighted by molar-refractivity contribution is 0.549. The Kier molecular flexibility index (Phi) is 5.89. The molecular formula is C14H23N3O2S2. The summed E-state index contributed by atoms with van der Waals surface area (Å²) in [4.78, 5) is 4.07. The van der Waals surface area contributed by atoms with Gasteiger partial charge < -0.3 is 5.32 Å². The summed E-state index contributed by atoms with van der Waals surface area (Å²) in [6.45, 7) is 2.77. The molecule has 7 heteroatoms. The van der Waals surface area contributed by atoms with E-state index in [0.29, 0.717) is 10.9 Å². The molecule has 5 nitrogen and oxygen atoms in total. The largest absolute Gasteiger partial charge is 0.383 e. The second kappa shape index (κ2) is 7.47. The maximum absolute atomic E-state index is 12.5. The number of thioether (sulfide) groups is 1. The molecule has 0 aliphatic heterocycles. The van der Waals surface area contributed by atoms with E-state index in [9.17, 15) is 8.42 Å². The second-order valence-electron chi connectivity index (χ2n) is 5.27. The summed E-state index contributed by atoms with van der Waals surface area (Å²) in [7, 11) is -3.57.